The summed E-state index contributed by atoms with van der Waals surface area (Å²) in [7, 11) is 0. The van der Waals surface area contributed by atoms with Crippen LogP contribution in [0, 0.1) is 0 Å². The third kappa shape index (κ3) is 2.24. The Kier molecular flexibility index (Phi) is 2.87. The number of aromatic nitrogens is 3. The minimum absolute atomic E-state index is 0.129. The smallest absolute Gasteiger partial charge is 0.354 e. The summed E-state index contributed by atoms with van der Waals surface area (Å²) < 4.78 is 4.28. The van der Waals surface area contributed by atoms with E-state index in [9.17, 15) is 9.59 Å². The van der Waals surface area contributed by atoms with Gasteiger partial charge >= 0.3 is 5.97 Å². The number of carbonyl (C=O) groups is 2. The molecule has 2 aromatic heterocycles. The summed E-state index contributed by atoms with van der Waals surface area (Å²) in [6, 6.07) is 2.64. The first-order valence-electron chi connectivity index (χ1n) is 4.66. The molecule has 9 nitrogen and oxygen atoms in total. The number of rotatable bonds is 3. The summed E-state index contributed by atoms with van der Waals surface area (Å²) in [6.07, 6.45) is 1.20. The molecular weight excluding hydrogens is 242 g/mol. The molecule has 0 aromatic carbocycles. The second kappa shape index (κ2) is 4.49. The van der Waals surface area contributed by atoms with E-state index in [1.807, 2.05) is 0 Å². The molecule has 1 amide bonds. The molecule has 18 heavy (non-hydrogen) atoms. The summed E-state index contributed by atoms with van der Waals surface area (Å²) in [5, 5.41) is 17.6. The van der Waals surface area contributed by atoms with Crippen molar-refractivity contribution in [2.45, 2.75) is 0 Å². The number of nitrogens with zero attached hydrogens (tertiary/aromatic N) is 3. The van der Waals surface area contributed by atoms with Crippen LogP contribution in [0.15, 0.2) is 23.0 Å². The van der Waals surface area contributed by atoms with Gasteiger partial charge in [0.2, 0.25) is 11.5 Å². The molecule has 0 spiro atoms. The van der Waals surface area contributed by atoms with Crippen LogP contribution in [0.3, 0.4) is 0 Å². The molecule has 0 aliphatic rings. The first kappa shape index (κ1) is 11.5. The minimum atomic E-state index is -1.15. The molecule has 0 atom stereocenters. The molecule has 9 heteroatoms. The van der Waals surface area contributed by atoms with Gasteiger partial charge in [-0.1, -0.05) is 0 Å². The molecule has 4 N–H and O–H groups in total. The quantitative estimate of drug-likeness (QED) is 0.689. The van der Waals surface area contributed by atoms with Gasteiger partial charge in [-0.05, 0) is 22.4 Å². The first-order valence-corrected chi connectivity index (χ1v) is 4.66. The number of carboxylic acids is 1. The van der Waals surface area contributed by atoms with Gasteiger partial charge in [-0.15, -0.1) is 0 Å². The monoisotopic (exact) mass is 249 g/mol. The fourth-order valence-corrected chi connectivity index (χ4v) is 1.14. The van der Waals surface area contributed by atoms with Crippen molar-refractivity contribution in [3.05, 3.63) is 29.7 Å². The van der Waals surface area contributed by atoms with E-state index in [4.69, 9.17) is 10.8 Å². The zero-order chi connectivity index (χ0) is 13.1. The standard InChI is InChI=1S/C9H7N5O4/c10-7-6(13-18-14-7)8(15)12-4-1-2-5(9(16)17)11-3-4/h1-3H,(H2,10,14)(H,12,15)(H,16,17). The SMILES string of the molecule is Nc1nonc1C(=O)Nc1ccc(C(=O)O)nc1. The summed E-state index contributed by atoms with van der Waals surface area (Å²) in [5.74, 6) is -1.92. The number of nitrogens with one attached hydrogen (secondary N) is 1. The molecule has 0 radical (unpaired) electrons. The van der Waals surface area contributed by atoms with Crippen LogP contribution in [0.5, 0.6) is 0 Å². The Bertz CT molecular complexity index is 591. The van der Waals surface area contributed by atoms with Crippen LogP contribution < -0.4 is 11.1 Å². The van der Waals surface area contributed by atoms with E-state index in [1.54, 1.807) is 0 Å². The van der Waals surface area contributed by atoms with Gasteiger partial charge < -0.3 is 16.2 Å². The normalized spacial score (nSPS) is 10.0. The number of amides is 1. The molecule has 2 aromatic rings. The van der Waals surface area contributed by atoms with Gasteiger partial charge in [0.15, 0.2) is 0 Å². The van der Waals surface area contributed by atoms with Crippen LogP contribution in [0.2, 0.25) is 0 Å². The second-order valence-electron chi connectivity index (χ2n) is 3.19. The van der Waals surface area contributed by atoms with Crippen LogP contribution in [0.1, 0.15) is 21.0 Å². The van der Waals surface area contributed by atoms with Crippen molar-refractivity contribution in [2.75, 3.05) is 11.1 Å². The fraction of sp³-hybridized carbons (Fsp3) is 0. The first-order chi connectivity index (χ1) is 8.58. The van der Waals surface area contributed by atoms with Crippen molar-refractivity contribution < 1.29 is 19.3 Å². The number of pyridine rings is 1. The molecular formula is C9H7N5O4. The van der Waals surface area contributed by atoms with Crippen molar-refractivity contribution >= 4 is 23.4 Å². The van der Waals surface area contributed by atoms with Gasteiger partial charge in [0.1, 0.15) is 5.69 Å². The lowest BCUT2D eigenvalue weighted by molar-refractivity contribution is 0.0690. The summed E-state index contributed by atoms with van der Waals surface area (Å²) in [4.78, 5) is 25.8. The molecule has 2 rings (SSSR count). The fourth-order valence-electron chi connectivity index (χ4n) is 1.14. The number of anilines is 2. The van der Waals surface area contributed by atoms with Crippen LogP contribution in [0.25, 0.3) is 0 Å². The maximum absolute atomic E-state index is 11.6. The number of carbonyl (C=O) groups excluding carboxylic acids is 1. The highest BCUT2D eigenvalue weighted by Crippen LogP contribution is 2.10. The van der Waals surface area contributed by atoms with Crippen molar-refractivity contribution in [1.29, 1.82) is 0 Å². The number of hydrogen-bond donors (Lipinski definition) is 3. The minimum Gasteiger partial charge on any atom is -0.477 e. The summed E-state index contributed by atoms with van der Waals surface area (Å²) in [6.45, 7) is 0. The number of nitrogen functional groups attached to an aromatic ring is 1. The average Bonchev–Trinajstić information content (AvgIpc) is 2.76. The summed E-state index contributed by atoms with van der Waals surface area (Å²) in [5.41, 5.74) is 5.35. The Balaban J connectivity index is 2.13. The van der Waals surface area contributed by atoms with E-state index in [1.165, 1.54) is 18.3 Å². The highest BCUT2D eigenvalue weighted by Gasteiger charge is 2.16. The van der Waals surface area contributed by atoms with Gasteiger partial charge in [0, 0.05) is 0 Å². The van der Waals surface area contributed by atoms with Crippen molar-refractivity contribution in [1.82, 2.24) is 15.3 Å². The molecule has 0 unspecified atom stereocenters. The van der Waals surface area contributed by atoms with Crippen LogP contribution in [0.4, 0.5) is 11.5 Å². The van der Waals surface area contributed by atoms with Crippen LogP contribution in [-0.2, 0) is 0 Å². The zero-order valence-electron chi connectivity index (χ0n) is 8.82. The Labute approximate surface area is 99.6 Å². The van der Waals surface area contributed by atoms with Crippen LogP contribution in [-0.4, -0.2) is 32.3 Å². The number of carboxylic acid groups (broad SMARTS) is 1. The van der Waals surface area contributed by atoms with Gasteiger partial charge in [-0.2, -0.15) is 0 Å². The molecule has 0 bridgehead atoms. The van der Waals surface area contributed by atoms with Crippen LogP contribution >= 0.6 is 0 Å². The van der Waals surface area contributed by atoms with E-state index in [0.29, 0.717) is 5.69 Å². The molecule has 92 valence electrons. The van der Waals surface area contributed by atoms with Gasteiger partial charge in [-0.25, -0.2) is 14.4 Å². The lowest BCUT2D eigenvalue weighted by Gasteiger charge is -2.02. The topological polar surface area (TPSA) is 144 Å². The van der Waals surface area contributed by atoms with E-state index in [-0.39, 0.29) is 17.2 Å². The zero-order valence-corrected chi connectivity index (χ0v) is 8.82. The van der Waals surface area contributed by atoms with E-state index < -0.39 is 11.9 Å². The highest BCUT2D eigenvalue weighted by molar-refractivity contribution is 6.05. The average molecular weight is 249 g/mol. The molecule has 0 fully saturated rings. The maximum Gasteiger partial charge on any atom is 0.354 e. The van der Waals surface area contributed by atoms with E-state index in [2.05, 4.69) is 25.2 Å². The lowest BCUT2D eigenvalue weighted by Crippen LogP contribution is -2.14. The number of nitrogens with two attached hydrogens (primary N) is 1. The predicted octanol–water partition coefficient (Wildman–Crippen LogP) is -0.00270. The third-order valence-corrected chi connectivity index (χ3v) is 1.97. The van der Waals surface area contributed by atoms with Crippen molar-refractivity contribution in [3.8, 4) is 0 Å². The molecule has 2 heterocycles. The van der Waals surface area contributed by atoms with E-state index >= 15 is 0 Å². The molecule has 0 aliphatic carbocycles. The maximum atomic E-state index is 11.6. The van der Waals surface area contributed by atoms with Gasteiger partial charge in [0.05, 0.1) is 11.9 Å². The predicted molar refractivity (Wildman–Crippen MR) is 57.9 cm³/mol. The largest absolute Gasteiger partial charge is 0.477 e. The molecule has 0 saturated carbocycles. The Morgan fingerprint density at radius 1 is 1.33 bits per heavy atom. The van der Waals surface area contributed by atoms with Gasteiger partial charge in [-0.3, -0.25) is 4.79 Å². The second-order valence-corrected chi connectivity index (χ2v) is 3.19. The Morgan fingerprint density at radius 3 is 2.61 bits per heavy atom. The van der Waals surface area contributed by atoms with Crippen molar-refractivity contribution in [2.24, 2.45) is 0 Å². The molecule has 0 aliphatic heterocycles. The van der Waals surface area contributed by atoms with Crippen molar-refractivity contribution in [3.63, 3.8) is 0 Å². The number of hydrogen-bond acceptors (Lipinski definition) is 7. The Morgan fingerprint density at radius 2 is 2.11 bits per heavy atom. The van der Waals surface area contributed by atoms with Gasteiger partial charge in [0.25, 0.3) is 5.91 Å². The highest BCUT2D eigenvalue weighted by atomic mass is 16.6. The number of aromatic carboxylic acids is 1. The summed E-state index contributed by atoms with van der Waals surface area (Å²) >= 11 is 0. The third-order valence-electron chi connectivity index (χ3n) is 1.97. The molecule has 0 saturated heterocycles. The Hall–Kier alpha value is -2.97. The lowest BCUT2D eigenvalue weighted by atomic mass is 10.3. The van der Waals surface area contributed by atoms with E-state index in [0.717, 1.165) is 0 Å².